The number of para-hydroxylation sites is 1. The fourth-order valence-corrected chi connectivity index (χ4v) is 3.23. The highest BCUT2D eigenvalue weighted by molar-refractivity contribution is 5.70. The minimum atomic E-state index is 0.846. The predicted octanol–water partition coefficient (Wildman–Crippen LogP) is 2.97. The highest BCUT2D eigenvalue weighted by atomic mass is 16.5. The van der Waals surface area contributed by atoms with E-state index in [1.54, 1.807) is 7.11 Å². The molecule has 0 saturated carbocycles. The summed E-state index contributed by atoms with van der Waals surface area (Å²) in [5.41, 5.74) is 3.61. The second-order valence-electron chi connectivity index (χ2n) is 6.05. The molecule has 0 atom stereocenters. The van der Waals surface area contributed by atoms with E-state index in [0.717, 1.165) is 43.3 Å². The van der Waals surface area contributed by atoms with Crippen molar-refractivity contribution in [2.45, 2.75) is 19.6 Å². The third-order valence-electron chi connectivity index (χ3n) is 4.47. The average molecular weight is 320 g/mol. The Kier molecular flexibility index (Phi) is 4.01. The normalized spacial score (nSPS) is 14.4. The maximum Gasteiger partial charge on any atom is 0.147 e. The molecule has 0 bridgehead atoms. The molecule has 0 N–H and O–H groups in total. The van der Waals surface area contributed by atoms with E-state index in [1.165, 1.54) is 11.1 Å². The number of nitrogens with zero attached hydrogens (tertiary/aromatic N) is 4. The van der Waals surface area contributed by atoms with Crippen LogP contribution in [0.2, 0.25) is 0 Å². The number of ether oxygens (including phenoxy) is 1. The zero-order valence-electron chi connectivity index (χ0n) is 13.7. The molecule has 0 aliphatic carbocycles. The van der Waals surface area contributed by atoms with E-state index in [2.05, 4.69) is 50.0 Å². The van der Waals surface area contributed by atoms with E-state index in [9.17, 15) is 0 Å². The topological polar surface area (TPSA) is 43.2 Å². The van der Waals surface area contributed by atoms with Crippen LogP contribution in [0.25, 0.3) is 11.1 Å². The maximum absolute atomic E-state index is 5.49. The molecule has 122 valence electrons. The van der Waals surface area contributed by atoms with Crippen LogP contribution in [0.3, 0.4) is 0 Å². The number of methoxy groups -OCH3 is 1. The fraction of sp³-hybridized carbons (Fsp3) is 0.263. The van der Waals surface area contributed by atoms with Gasteiger partial charge in [-0.05, 0) is 23.3 Å². The van der Waals surface area contributed by atoms with Crippen LogP contribution in [-0.2, 0) is 19.6 Å². The molecule has 0 saturated heterocycles. The van der Waals surface area contributed by atoms with Crippen LogP contribution < -0.4 is 4.74 Å². The largest absolute Gasteiger partial charge is 0.496 e. The Morgan fingerprint density at radius 3 is 2.92 bits per heavy atom. The van der Waals surface area contributed by atoms with Crippen molar-refractivity contribution in [2.24, 2.45) is 0 Å². The van der Waals surface area contributed by atoms with Gasteiger partial charge in [-0.1, -0.05) is 36.4 Å². The van der Waals surface area contributed by atoms with Gasteiger partial charge in [-0.3, -0.25) is 4.90 Å². The number of hydrogen-bond donors (Lipinski definition) is 0. The Hall–Kier alpha value is -2.66. The van der Waals surface area contributed by atoms with Crippen molar-refractivity contribution in [3.05, 3.63) is 66.2 Å². The minimum Gasteiger partial charge on any atom is -0.496 e. The molecule has 2 aromatic carbocycles. The van der Waals surface area contributed by atoms with Crippen LogP contribution in [0.5, 0.6) is 5.75 Å². The van der Waals surface area contributed by atoms with E-state index < -0.39 is 0 Å². The van der Waals surface area contributed by atoms with Gasteiger partial charge in [-0.2, -0.15) is 0 Å². The Labute approximate surface area is 141 Å². The Morgan fingerprint density at radius 1 is 1.08 bits per heavy atom. The number of fused-ring (bicyclic) bond motifs is 1. The first-order valence-corrected chi connectivity index (χ1v) is 8.15. The summed E-state index contributed by atoms with van der Waals surface area (Å²) in [7, 11) is 1.71. The third-order valence-corrected chi connectivity index (χ3v) is 4.47. The zero-order valence-corrected chi connectivity index (χ0v) is 13.7. The molecular formula is C19H20N4O. The Balaban J connectivity index is 1.55. The average Bonchev–Trinajstić information content (AvgIpc) is 3.10. The molecule has 24 heavy (non-hydrogen) atoms. The van der Waals surface area contributed by atoms with Gasteiger partial charge in [0.25, 0.3) is 0 Å². The number of hydrogen-bond acceptors (Lipinski definition) is 4. The lowest BCUT2D eigenvalue weighted by atomic mass is 10.0. The van der Waals surface area contributed by atoms with Crippen molar-refractivity contribution in [3.63, 3.8) is 0 Å². The molecule has 1 aliphatic rings. The maximum atomic E-state index is 5.49. The van der Waals surface area contributed by atoms with Crippen molar-refractivity contribution in [2.75, 3.05) is 13.7 Å². The minimum absolute atomic E-state index is 0.846. The van der Waals surface area contributed by atoms with Crippen LogP contribution in [0.15, 0.2) is 54.9 Å². The highest BCUT2D eigenvalue weighted by Gasteiger charge is 2.17. The summed E-state index contributed by atoms with van der Waals surface area (Å²) in [4.78, 5) is 2.41. The molecule has 2 heterocycles. The van der Waals surface area contributed by atoms with Gasteiger partial charge >= 0.3 is 0 Å². The van der Waals surface area contributed by atoms with Gasteiger partial charge in [0.2, 0.25) is 0 Å². The summed E-state index contributed by atoms with van der Waals surface area (Å²) in [6.07, 6.45) is 1.81. The van der Waals surface area contributed by atoms with Gasteiger partial charge < -0.3 is 9.30 Å². The van der Waals surface area contributed by atoms with Crippen LogP contribution in [-0.4, -0.2) is 33.3 Å². The summed E-state index contributed by atoms with van der Waals surface area (Å²) >= 11 is 0. The summed E-state index contributed by atoms with van der Waals surface area (Å²) in [6.45, 7) is 3.73. The van der Waals surface area contributed by atoms with E-state index >= 15 is 0 Å². The van der Waals surface area contributed by atoms with Crippen molar-refractivity contribution >= 4 is 0 Å². The fourth-order valence-electron chi connectivity index (χ4n) is 3.23. The van der Waals surface area contributed by atoms with Crippen molar-refractivity contribution in [1.29, 1.82) is 0 Å². The lowest BCUT2D eigenvalue weighted by molar-refractivity contribution is 0.209. The number of benzene rings is 2. The predicted molar refractivity (Wildman–Crippen MR) is 92.6 cm³/mol. The molecule has 1 aromatic heterocycles. The molecule has 0 unspecified atom stereocenters. The van der Waals surface area contributed by atoms with Crippen molar-refractivity contribution in [3.8, 4) is 16.9 Å². The quantitative estimate of drug-likeness (QED) is 0.741. The summed E-state index contributed by atoms with van der Waals surface area (Å²) in [6, 6.07) is 16.8. The van der Waals surface area contributed by atoms with E-state index in [1.807, 2.05) is 24.5 Å². The third kappa shape index (κ3) is 2.90. The van der Waals surface area contributed by atoms with Crippen LogP contribution >= 0.6 is 0 Å². The van der Waals surface area contributed by atoms with E-state index in [4.69, 9.17) is 4.74 Å². The summed E-state index contributed by atoms with van der Waals surface area (Å²) in [5.74, 6) is 1.95. The van der Waals surface area contributed by atoms with Gasteiger partial charge in [0.1, 0.15) is 17.9 Å². The van der Waals surface area contributed by atoms with Gasteiger partial charge in [0, 0.05) is 25.2 Å². The summed E-state index contributed by atoms with van der Waals surface area (Å²) < 4.78 is 7.62. The first-order chi connectivity index (χ1) is 11.8. The summed E-state index contributed by atoms with van der Waals surface area (Å²) in [5, 5.41) is 8.18. The van der Waals surface area contributed by atoms with Crippen molar-refractivity contribution < 1.29 is 4.74 Å². The molecule has 5 heteroatoms. The monoisotopic (exact) mass is 320 g/mol. The molecule has 0 radical (unpaired) electrons. The SMILES string of the molecule is COc1ccccc1-c1cccc(CN2CCn3cnnc3C2)c1. The molecule has 1 aliphatic heterocycles. The second kappa shape index (κ2) is 6.45. The van der Waals surface area contributed by atoms with Crippen LogP contribution in [0, 0.1) is 0 Å². The van der Waals surface area contributed by atoms with Gasteiger partial charge in [-0.25, -0.2) is 0 Å². The lowest BCUT2D eigenvalue weighted by Crippen LogP contribution is -2.33. The first kappa shape index (κ1) is 14.9. The second-order valence-corrected chi connectivity index (χ2v) is 6.05. The molecular weight excluding hydrogens is 300 g/mol. The lowest BCUT2D eigenvalue weighted by Gasteiger charge is -2.27. The van der Waals surface area contributed by atoms with Crippen LogP contribution in [0.4, 0.5) is 0 Å². The van der Waals surface area contributed by atoms with Gasteiger partial charge in [0.15, 0.2) is 0 Å². The zero-order chi connectivity index (χ0) is 16.4. The molecule has 0 spiro atoms. The smallest absolute Gasteiger partial charge is 0.147 e. The highest BCUT2D eigenvalue weighted by Crippen LogP contribution is 2.30. The van der Waals surface area contributed by atoms with E-state index in [0.29, 0.717) is 0 Å². The van der Waals surface area contributed by atoms with E-state index in [-0.39, 0.29) is 0 Å². The first-order valence-electron chi connectivity index (χ1n) is 8.15. The molecule has 0 amide bonds. The molecule has 5 nitrogen and oxygen atoms in total. The van der Waals surface area contributed by atoms with Gasteiger partial charge in [-0.15, -0.1) is 10.2 Å². The molecule has 4 rings (SSSR count). The molecule has 3 aromatic rings. The number of rotatable bonds is 4. The Bertz CT molecular complexity index is 843. The Morgan fingerprint density at radius 2 is 2.00 bits per heavy atom. The standard InChI is InChI=1S/C19H20N4O/c1-24-18-8-3-2-7-17(18)16-6-4-5-15(11-16)12-22-9-10-23-14-20-21-19(23)13-22/h2-8,11,14H,9-10,12-13H2,1H3. The van der Waals surface area contributed by atoms with Crippen molar-refractivity contribution in [1.82, 2.24) is 19.7 Å². The van der Waals surface area contributed by atoms with Gasteiger partial charge in [0.05, 0.1) is 13.7 Å². The number of aromatic nitrogens is 3. The molecule has 0 fully saturated rings. The van der Waals surface area contributed by atoms with Crippen LogP contribution in [0.1, 0.15) is 11.4 Å².